The van der Waals surface area contributed by atoms with Crippen LogP contribution in [0.15, 0.2) is 47.1 Å². The van der Waals surface area contributed by atoms with Crippen LogP contribution >= 0.6 is 0 Å². The molecule has 2 aromatic heterocycles. The number of nitrogens with one attached hydrogen (secondary N) is 1. The summed E-state index contributed by atoms with van der Waals surface area (Å²) in [7, 11) is 0. The van der Waals surface area contributed by atoms with Crippen molar-refractivity contribution in [2.24, 2.45) is 0 Å². The van der Waals surface area contributed by atoms with Gasteiger partial charge in [-0.05, 0) is 75.1 Å². The second kappa shape index (κ2) is 9.66. The smallest absolute Gasteiger partial charge is 0.258 e. The molecule has 0 fully saturated rings. The lowest BCUT2D eigenvalue weighted by Gasteiger charge is -2.11. The zero-order valence-electron chi connectivity index (χ0n) is 17.9. The molecule has 0 atom stereocenters. The Morgan fingerprint density at radius 1 is 0.968 bits per heavy atom. The third-order valence-corrected chi connectivity index (χ3v) is 5.10. The van der Waals surface area contributed by atoms with Crippen LogP contribution in [0.4, 0.5) is 0 Å². The van der Waals surface area contributed by atoms with Gasteiger partial charge in [-0.25, -0.2) is 0 Å². The molecule has 7 heteroatoms. The van der Waals surface area contributed by atoms with Crippen molar-refractivity contribution in [1.82, 2.24) is 15.1 Å². The fraction of sp³-hybridized carbons (Fsp3) is 0.333. The molecule has 4 aromatic rings. The Balaban J connectivity index is 1.62. The number of aromatic amines is 1. The van der Waals surface area contributed by atoms with E-state index < -0.39 is 0 Å². The highest BCUT2D eigenvalue weighted by Gasteiger charge is 2.15. The third kappa shape index (κ3) is 4.56. The first-order valence-electron chi connectivity index (χ1n) is 10.7. The number of aryl methyl sites for hydroxylation is 1. The van der Waals surface area contributed by atoms with Crippen LogP contribution in [0, 0.1) is 0 Å². The molecule has 2 heterocycles. The van der Waals surface area contributed by atoms with Crippen LogP contribution in [0.3, 0.4) is 0 Å². The lowest BCUT2D eigenvalue weighted by molar-refractivity contribution is 0.284. The lowest BCUT2D eigenvalue weighted by Crippen LogP contribution is -1.98. The van der Waals surface area contributed by atoms with Crippen molar-refractivity contribution in [3.05, 3.63) is 48.2 Å². The van der Waals surface area contributed by atoms with Gasteiger partial charge in [0.05, 0.1) is 13.2 Å². The van der Waals surface area contributed by atoms with Gasteiger partial charge in [0.2, 0.25) is 5.82 Å². The van der Waals surface area contributed by atoms with Gasteiger partial charge in [-0.15, -0.1) is 0 Å². The van der Waals surface area contributed by atoms with E-state index in [-0.39, 0.29) is 6.61 Å². The summed E-state index contributed by atoms with van der Waals surface area (Å²) in [5, 5.41) is 14.4. The maximum Gasteiger partial charge on any atom is 0.258 e. The molecule has 0 radical (unpaired) electrons. The Labute approximate surface area is 181 Å². The molecule has 0 saturated heterocycles. The Kier molecular flexibility index (Phi) is 6.52. The summed E-state index contributed by atoms with van der Waals surface area (Å²) in [6, 6.07) is 11.7. The summed E-state index contributed by atoms with van der Waals surface area (Å²) >= 11 is 0. The van der Waals surface area contributed by atoms with Gasteiger partial charge in [0.25, 0.3) is 5.89 Å². The molecule has 0 aliphatic carbocycles. The van der Waals surface area contributed by atoms with E-state index in [1.54, 1.807) is 0 Å². The van der Waals surface area contributed by atoms with Crippen molar-refractivity contribution in [3.8, 4) is 34.3 Å². The molecule has 7 nitrogen and oxygen atoms in total. The predicted octanol–water partition coefficient (Wildman–Crippen LogP) is 5.00. The van der Waals surface area contributed by atoms with Crippen LogP contribution in [0.25, 0.3) is 33.7 Å². The molecule has 0 amide bonds. The van der Waals surface area contributed by atoms with Gasteiger partial charge in [-0.3, -0.25) is 0 Å². The summed E-state index contributed by atoms with van der Waals surface area (Å²) in [5.41, 5.74) is 3.96. The molecule has 0 saturated carbocycles. The number of aliphatic hydroxyl groups excluding tert-OH is 1. The highest BCUT2D eigenvalue weighted by molar-refractivity contribution is 5.87. The molecule has 2 N–H and O–H groups in total. The fourth-order valence-corrected chi connectivity index (χ4v) is 3.59. The summed E-state index contributed by atoms with van der Waals surface area (Å²) < 4.78 is 16.9. The topological polar surface area (TPSA) is 93.4 Å². The first-order valence-corrected chi connectivity index (χ1v) is 10.7. The molecule has 162 valence electrons. The first-order chi connectivity index (χ1) is 15.2. The second-order valence-corrected chi connectivity index (χ2v) is 7.21. The number of H-pyrrole nitrogens is 1. The number of unbranched alkanes of at least 4 members (excludes halogenated alkanes) is 1. The first kappa shape index (κ1) is 20.9. The standard InChI is InChI=1S/C24H27N3O4/c1-3-29-21-11-9-17(14-22(21)30-4-2)24-26-23(27-31-24)16-8-10-20-19(13-16)18(15-25-20)7-5-6-12-28/h8-11,13-15,25,28H,3-7,12H2,1-2H3. The van der Waals surface area contributed by atoms with Crippen LogP contribution in [0.2, 0.25) is 0 Å². The second-order valence-electron chi connectivity index (χ2n) is 7.21. The van der Waals surface area contributed by atoms with Gasteiger partial charge in [-0.1, -0.05) is 5.16 Å². The van der Waals surface area contributed by atoms with Crippen molar-refractivity contribution in [2.75, 3.05) is 19.8 Å². The Morgan fingerprint density at radius 2 is 1.77 bits per heavy atom. The molecular weight excluding hydrogens is 394 g/mol. The maximum atomic E-state index is 9.04. The summed E-state index contributed by atoms with van der Waals surface area (Å²) in [6.07, 6.45) is 4.68. The Hall–Kier alpha value is -3.32. The number of hydrogen-bond acceptors (Lipinski definition) is 6. The quantitative estimate of drug-likeness (QED) is 0.350. The summed E-state index contributed by atoms with van der Waals surface area (Å²) in [5.74, 6) is 2.31. The SMILES string of the molecule is CCOc1ccc(-c2nc(-c3ccc4[nH]cc(CCCCO)c4c3)no2)cc1OCC. The number of rotatable bonds is 10. The normalized spacial score (nSPS) is 11.2. The highest BCUT2D eigenvalue weighted by Crippen LogP contribution is 2.33. The molecule has 0 unspecified atom stereocenters. The molecule has 0 aliphatic rings. The van der Waals surface area contributed by atoms with Crippen molar-refractivity contribution in [3.63, 3.8) is 0 Å². The van der Waals surface area contributed by atoms with E-state index in [1.807, 2.05) is 50.4 Å². The van der Waals surface area contributed by atoms with E-state index >= 15 is 0 Å². The number of aromatic nitrogens is 3. The van der Waals surface area contributed by atoms with E-state index in [0.29, 0.717) is 36.4 Å². The van der Waals surface area contributed by atoms with Gasteiger partial charge in [0, 0.05) is 34.8 Å². The van der Waals surface area contributed by atoms with Gasteiger partial charge in [0.1, 0.15) is 0 Å². The van der Waals surface area contributed by atoms with E-state index in [4.69, 9.17) is 19.1 Å². The zero-order valence-corrected chi connectivity index (χ0v) is 17.9. The van der Waals surface area contributed by atoms with Gasteiger partial charge >= 0.3 is 0 Å². The van der Waals surface area contributed by atoms with Crippen LogP contribution in [0.1, 0.15) is 32.3 Å². The van der Waals surface area contributed by atoms with Crippen molar-refractivity contribution < 1.29 is 19.1 Å². The number of ether oxygens (including phenoxy) is 2. The van der Waals surface area contributed by atoms with Crippen LogP contribution in [-0.2, 0) is 6.42 Å². The average molecular weight is 421 g/mol. The molecule has 31 heavy (non-hydrogen) atoms. The molecule has 2 aromatic carbocycles. The van der Waals surface area contributed by atoms with Crippen molar-refractivity contribution >= 4 is 10.9 Å². The van der Waals surface area contributed by atoms with Crippen molar-refractivity contribution in [2.45, 2.75) is 33.1 Å². The van der Waals surface area contributed by atoms with E-state index in [2.05, 4.69) is 21.2 Å². The molecule has 0 bridgehead atoms. The largest absolute Gasteiger partial charge is 0.490 e. The van der Waals surface area contributed by atoms with Gasteiger partial charge in [0.15, 0.2) is 11.5 Å². The molecule has 0 aliphatic heterocycles. The number of nitrogens with zero attached hydrogens (tertiary/aromatic N) is 2. The molecule has 4 rings (SSSR count). The lowest BCUT2D eigenvalue weighted by atomic mass is 10.0. The number of hydrogen-bond donors (Lipinski definition) is 2. The number of aliphatic hydroxyl groups is 1. The highest BCUT2D eigenvalue weighted by atomic mass is 16.5. The predicted molar refractivity (Wildman–Crippen MR) is 119 cm³/mol. The summed E-state index contributed by atoms with van der Waals surface area (Å²) in [6.45, 7) is 5.19. The Bertz CT molecular complexity index is 1150. The third-order valence-electron chi connectivity index (χ3n) is 5.10. The van der Waals surface area contributed by atoms with Crippen molar-refractivity contribution in [1.29, 1.82) is 0 Å². The minimum absolute atomic E-state index is 0.218. The van der Waals surface area contributed by atoms with Crippen LogP contribution in [0.5, 0.6) is 11.5 Å². The maximum absolute atomic E-state index is 9.04. The van der Waals surface area contributed by atoms with E-state index in [9.17, 15) is 0 Å². The van der Waals surface area contributed by atoms with E-state index in [0.717, 1.165) is 41.3 Å². The minimum atomic E-state index is 0.218. The molecule has 0 spiro atoms. The Morgan fingerprint density at radius 3 is 2.58 bits per heavy atom. The van der Waals surface area contributed by atoms with Crippen LogP contribution in [-0.4, -0.2) is 40.1 Å². The van der Waals surface area contributed by atoms with Crippen LogP contribution < -0.4 is 9.47 Å². The zero-order chi connectivity index (χ0) is 21.6. The van der Waals surface area contributed by atoms with Gasteiger partial charge < -0.3 is 24.1 Å². The van der Waals surface area contributed by atoms with Gasteiger partial charge in [-0.2, -0.15) is 4.98 Å². The number of fused-ring (bicyclic) bond motifs is 1. The minimum Gasteiger partial charge on any atom is -0.490 e. The monoisotopic (exact) mass is 421 g/mol. The molecular formula is C24H27N3O4. The summed E-state index contributed by atoms with van der Waals surface area (Å²) in [4.78, 5) is 7.91. The fourth-order valence-electron chi connectivity index (χ4n) is 3.59. The average Bonchev–Trinajstić information content (AvgIpc) is 3.43. The van der Waals surface area contributed by atoms with E-state index in [1.165, 1.54) is 5.56 Å². The number of benzene rings is 2.